The molecule has 1 aromatic rings. The van der Waals surface area contributed by atoms with E-state index < -0.39 is 0 Å². The lowest BCUT2D eigenvalue weighted by molar-refractivity contribution is -0.121. The highest BCUT2D eigenvalue weighted by atomic mass is 35.5. The zero-order valence-corrected chi connectivity index (χ0v) is 10.5. The van der Waals surface area contributed by atoms with Gasteiger partial charge in [0.25, 0.3) is 5.91 Å². The van der Waals surface area contributed by atoms with Gasteiger partial charge >= 0.3 is 0 Å². The average Bonchev–Trinajstić information content (AvgIpc) is 3.12. The number of nitrogens with one attached hydrogen (secondary N) is 2. The lowest BCUT2D eigenvalue weighted by atomic mass is 10.2. The number of pyridine rings is 1. The Labute approximate surface area is 110 Å². The molecule has 0 unspecified atom stereocenters. The summed E-state index contributed by atoms with van der Waals surface area (Å²) in [6.07, 6.45) is 3.89. The topological polar surface area (TPSA) is 71.1 Å². The van der Waals surface area contributed by atoms with Gasteiger partial charge in [-0.05, 0) is 25.0 Å². The molecule has 0 bridgehead atoms. The van der Waals surface area contributed by atoms with E-state index in [4.69, 9.17) is 11.6 Å². The molecule has 0 radical (unpaired) electrons. The van der Waals surface area contributed by atoms with Crippen molar-refractivity contribution in [2.75, 3.05) is 6.54 Å². The number of rotatable bonds is 5. The average molecular weight is 268 g/mol. The van der Waals surface area contributed by atoms with Crippen molar-refractivity contribution in [1.82, 2.24) is 15.6 Å². The minimum Gasteiger partial charge on any atom is -0.353 e. The van der Waals surface area contributed by atoms with Crippen molar-refractivity contribution in [2.24, 2.45) is 0 Å². The largest absolute Gasteiger partial charge is 0.353 e. The van der Waals surface area contributed by atoms with Crippen LogP contribution >= 0.6 is 11.6 Å². The molecule has 0 aliphatic heterocycles. The molecule has 1 aliphatic rings. The van der Waals surface area contributed by atoms with Crippen LogP contribution in [0.4, 0.5) is 0 Å². The summed E-state index contributed by atoms with van der Waals surface area (Å²) in [4.78, 5) is 26.8. The van der Waals surface area contributed by atoms with Crippen molar-refractivity contribution >= 4 is 23.4 Å². The molecule has 0 aromatic carbocycles. The van der Waals surface area contributed by atoms with Crippen molar-refractivity contribution in [2.45, 2.75) is 25.3 Å². The molecule has 1 aromatic heterocycles. The standard InChI is InChI=1S/C12H14ClN3O2/c13-10-7-8(3-5-14-10)12(18)15-6-4-11(17)16-9-1-2-9/h3,5,7,9H,1-2,4,6H2,(H,15,18)(H,16,17). The first kappa shape index (κ1) is 12.8. The summed E-state index contributed by atoms with van der Waals surface area (Å²) < 4.78 is 0. The summed E-state index contributed by atoms with van der Waals surface area (Å²) in [5.41, 5.74) is 0.442. The van der Waals surface area contributed by atoms with E-state index in [1.54, 1.807) is 6.07 Å². The lowest BCUT2D eigenvalue weighted by Crippen LogP contribution is -2.31. The van der Waals surface area contributed by atoms with Gasteiger partial charge in [0.15, 0.2) is 0 Å². The minimum absolute atomic E-state index is 0.0226. The molecule has 1 saturated carbocycles. The number of nitrogens with zero attached hydrogens (tertiary/aromatic N) is 1. The summed E-state index contributed by atoms with van der Waals surface area (Å²) in [5.74, 6) is -0.274. The van der Waals surface area contributed by atoms with Crippen LogP contribution in [0.3, 0.4) is 0 Å². The molecule has 6 heteroatoms. The van der Waals surface area contributed by atoms with Gasteiger partial charge in [0, 0.05) is 30.8 Å². The van der Waals surface area contributed by atoms with Crippen molar-refractivity contribution in [3.8, 4) is 0 Å². The molecule has 2 rings (SSSR count). The summed E-state index contributed by atoms with van der Waals surface area (Å²) >= 11 is 5.68. The van der Waals surface area contributed by atoms with Crippen molar-refractivity contribution < 1.29 is 9.59 Å². The molecule has 1 heterocycles. The molecule has 96 valence electrons. The van der Waals surface area contributed by atoms with E-state index >= 15 is 0 Å². The van der Waals surface area contributed by atoms with Crippen LogP contribution in [0.5, 0.6) is 0 Å². The Bertz CT molecular complexity index is 460. The van der Waals surface area contributed by atoms with Crippen LogP contribution in [0.1, 0.15) is 29.6 Å². The number of hydrogen-bond donors (Lipinski definition) is 2. The molecular weight excluding hydrogens is 254 g/mol. The van der Waals surface area contributed by atoms with Crippen LogP contribution in [0, 0.1) is 0 Å². The van der Waals surface area contributed by atoms with E-state index in [0.717, 1.165) is 12.8 Å². The number of hydrogen-bond acceptors (Lipinski definition) is 3. The van der Waals surface area contributed by atoms with E-state index in [0.29, 0.717) is 24.6 Å². The second-order valence-corrected chi connectivity index (χ2v) is 4.60. The van der Waals surface area contributed by atoms with Gasteiger partial charge in [-0.15, -0.1) is 0 Å². The maximum atomic E-state index is 11.7. The molecule has 2 amide bonds. The Morgan fingerprint density at radius 1 is 1.44 bits per heavy atom. The monoisotopic (exact) mass is 267 g/mol. The smallest absolute Gasteiger partial charge is 0.251 e. The zero-order chi connectivity index (χ0) is 13.0. The first-order valence-corrected chi connectivity index (χ1v) is 6.22. The summed E-state index contributed by atoms with van der Waals surface area (Å²) in [6.45, 7) is 0.317. The number of aromatic nitrogens is 1. The fourth-order valence-corrected chi connectivity index (χ4v) is 1.64. The van der Waals surface area contributed by atoms with E-state index in [-0.39, 0.29) is 17.0 Å². The number of halogens is 1. The third-order valence-electron chi connectivity index (χ3n) is 2.57. The van der Waals surface area contributed by atoms with Crippen LogP contribution in [-0.2, 0) is 4.79 Å². The van der Waals surface area contributed by atoms with Gasteiger partial charge in [-0.2, -0.15) is 0 Å². The molecule has 5 nitrogen and oxygen atoms in total. The van der Waals surface area contributed by atoms with Gasteiger partial charge in [-0.25, -0.2) is 4.98 Å². The Balaban J connectivity index is 1.72. The molecule has 0 atom stereocenters. The number of carbonyl (C=O) groups is 2. The highest BCUT2D eigenvalue weighted by Crippen LogP contribution is 2.18. The van der Waals surface area contributed by atoms with Gasteiger partial charge in [-0.1, -0.05) is 11.6 Å². The SMILES string of the molecule is O=C(CCNC(=O)c1ccnc(Cl)c1)NC1CC1. The first-order chi connectivity index (χ1) is 8.65. The molecule has 1 aliphatic carbocycles. The van der Waals surface area contributed by atoms with Gasteiger partial charge < -0.3 is 10.6 Å². The van der Waals surface area contributed by atoms with Crippen LogP contribution in [-0.4, -0.2) is 29.4 Å². The van der Waals surface area contributed by atoms with Crippen molar-refractivity contribution in [3.05, 3.63) is 29.0 Å². The second kappa shape index (κ2) is 5.82. The summed E-state index contributed by atoms with van der Waals surface area (Å²) in [7, 11) is 0. The predicted octanol–water partition coefficient (Wildman–Crippen LogP) is 1.13. The fourth-order valence-electron chi connectivity index (χ4n) is 1.46. The Morgan fingerprint density at radius 3 is 2.89 bits per heavy atom. The number of amides is 2. The van der Waals surface area contributed by atoms with E-state index in [2.05, 4.69) is 15.6 Å². The van der Waals surface area contributed by atoms with Crippen LogP contribution < -0.4 is 10.6 Å². The Hall–Kier alpha value is -1.62. The Morgan fingerprint density at radius 2 is 2.22 bits per heavy atom. The zero-order valence-electron chi connectivity index (χ0n) is 9.78. The van der Waals surface area contributed by atoms with Crippen molar-refractivity contribution in [3.63, 3.8) is 0 Å². The van der Waals surface area contributed by atoms with Crippen LogP contribution in [0.15, 0.2) is 18.3 Å². The van der Waals surface area contributed by atoms with Gasteiger partial charge in [0.1, 0.15) is 5.15 Å². The number of carbonyl (C=O) groups excluding carboxylic acids is 2. The molecule has 0 saturated heterocycles. The van der Waals surface area contributed by atoms with Crippen LogP contribution in [0.25, 0.3) is 0 Å². The van der Waals surface area contributed by atoms with E-state index in [1.807, 2.05) is 0 Å². The van der Waals surface area contributed by atoms with Gasteiger partial charge in [0.05, 0.1) is 0 Å². The third-order valence-corrected chi connectivity index (χ3v) is 2.78. The first-order valence-electron chi connectivity index (χ1n) is 5.84. The molecular formula is C12H14ClN3O2. The quantitative estimate of drug-likeness (QED) is 0.786. The highest BCUT2D eigenvalue weighted by Gasteiger charge is 2.22. The predicted molar refractivity (Wildman–Crippen MR) is 67.4 cm³/mol. The maximum absolute atomic E-state index is 11.7. The maximum Gasteiger partial charge on any atom is 0.251 e. The third kappa shape index (κ3) is 4.00. The Kier molecular flexibility index (Phi) is 4.15. The minimum atomic E-state index is -0.251. The van der Waals surface area contributed by atoms with Gasteiger partial charge in [-0.3, -0.25) is 9.59 Å². The van der Waals surface area contributed by atoms with Crippen LogP contribution in [0.2, 0.25) is 5.15 Å². The summed E-state index contributed by atoms with van der Waals surface area (Å²) in [5, 5.41) is 5.79. The normalized spacial score (nSPS) is 14.1. The molecule has 18 heavy (non-hydrogen) atoms. The lowest BCUT2D eigenvalue weighted by Gasteiger charge is -2.05. The molecule has 0 spiro atoms. The van der Waals surface area contributed by atoms with Gasteiger partial charge in [0.2, 0.25) is 5.91 Å². The fraction of sp³-hybridized carbons (Fsp3) is 0.417. The van der Waals surface area contributed by atoms with Crippen molar-refractivity contribution in [1.29, 1.82) is 0 Å². The van der Waals surface area contributed by atoms with E-state index in [9.17, 15) is 9.59 Å². The summed E-state index contributed by atoms with van der Waals surface area (Å²) in [6, 6.07) is 3.42. The van der Waals surface area contributed by atoms with E-state index in [1.165, 1.54) is 12.3 Å². The molecule has 2 N–H and O–H groups in total. The molecule has 1 fully saturated rings. The highest BCUT2D eigenvalue weighted by molar-refractivity contribution is 6.29. The second-order valence-electron chi connectivity index (χ2n) is 4.21.